The Hall–Kier alpha value is -3.07. The van der Waals surface area contributed by atoms with E-state index in [0.29, 0.717) is 12.2 Å². The van der Waals surface area contributed by atoms with Crippen molar-refractivity contribution in [2.45, 2.75) is 18.7 Å². The summed E-state index contributed by atoms with van der Waals surface area (Å²) in [5.41, 5.74) is 1.38. The molecule has 9 heteroatoms. The highest BCUT2D eigenvalue weighted by Crippen LogP contribution is 2.15. The van der Waals surface area contributed by atoms with Crippen LogP contribution in [0.15, 0.2) is 48.5 Å². The third-order valence-corrected chi connectivity index (χ3v) is 5.39. The van der Waals surface area contributed by atoms with Crippen LogP contribution in [0.4, 0.5) is 10.1 Å². The van der Waals surface area contributed by atoms with E-state index >= 15 is 0 Å². The Kier molecular flexibility index (Phi) is 9.33. The van der Waals surface area contributed by atoms with E-state index in [-0.39, 0.29) is 24.2 Å². The third kappa shape index (κ3) is 8.29. The molecular weight excluding hydrogens is 423 g/mol. The van der Waals surface area contributed by atoms with E-state index in [9.17, 15) is 18.8 Å². The van der Waals surface area contributed by atoms with Gasteiger partial charge in [-0.3, -0.25) is 14.4 Å². The van der Waals surface area contributed by atoms with Gasteiger partial charge in [-0.05, 0) is 48.9 Å². The van der Waals surface area contributed by atoms with Crippen LogP contribution in [0.3, 0.4) is 0 Å². The number of rotatable bonds is 10. The molecule has 0 aliphatic rings. The first-order valence-corrected chi connectivity index (χ1v) is 10.5. The number of carbonyl (C=O) groups is 3. The minimum absolute atomic E-state index is 0.0129. The second kappa shape index (κ2) is 11.9. The van der Waals surface area contributed by atoms with Crippen molar-refractivity contribution in [2.75, 3.05) is 31.8 Å². The highest BCUT2D eigenvalue weighted by molar-refractivity contribution is 8.01. The van der Waals surface area contributed by atoms with Crippen molar-refractivity contribution in [1.82, 2.24) is 4.90 Å². The number of carbonyl (C=O) groups excluding carboxylic acids is 3. The van der Waals surface area contributed by atoms with Gasteiger partial charge in [0.15, 0.2) is 6.61 Å². The Morgan fingerprint density at radius 1 is 1.10 bits per heavy atom. The van der Waals surface area contributed by atoms with E-state index in [1.807, 2.05) is 12.1 Å². The normalized spacial score (nSPS) is 11.4. The maximum absolute atomic E-state index is 12.9. The molecule has 0 aliphatic heterocycles. The number of halogens is 1. The Balaban J connectivity index is 1.70. The van der Waals surface area contributed by atoms with Gasteiger partial charge in [0.2, 0.25) is 5.91 Å². The van der Waals surface area contributed by atoms with Crippen LogP contribution < -0.4 is 10.1 Å². The number of nitrogens with one attached hydrogen (secondary N) is 1. The van der Waals surface area contributed by atoms with Crippen LogP contribution in [0.1, 0.15) is 12.5 Å². The summed E-state index contributed by atoms with van der Waals surface area (Å²) in [5.74, 6) is -0.899. The average Bonchev–Trinajstić information content (AvgIpc) is 2.77. The fourth-order valence-electron chi connectivity index (χ4n) is 2.45. The molecule has 7 nitrogen and oxygen atoms in total. The van der Waals surface area contributed by atoms with Crippen molar-refractivity contribution in [1.29, 1.82) is 0 Å². The molecule has 2 amide bonds. The van der Waals surface area contributed by atoms with Crippen molar-refractivity contribution in [3.8, 4) is 5.75 Å². The largest absolute Gasteiger partial charge is 0.497 e. The van der Waals surface area contributed by atoms with Gasteiger partial charge < -0.3 is 19.7 Å². The molecule has 0 spiro atoms. The summed E-state index contributed by atoms with van der Waals surface area (Å²) in [6, 6.07) is 12.7. The Morgan fingerprint density at radius 2 is 1.74 bits per heavy atom. The summed E-state index contributed by atoms with van der Waals surface area (Å²) in [6.45, 7) is 1.59. The fourth-order valence-corrected chi connectivity index (χ4v) is 3.13. The number of ether oxygens (including phenoxy) is 2. The van der Waals surface area contributed by atoms with Crippen LogP contribution in [0, 0.1) is 5.82 Å². The lowest BCUT2D eigenvalue weighted by Gasteiger charge is -2.18. The zero-order chi connectivity index (χ0) is 22.8. The SMILES string of the molecule is COc1ccc(CN(C)C(=O)COC(=O)C(C)SCC(=O)Nc2ccc(F)cc2)cc1. The lowest BCUT2D eigenvalue weighted by Crippen LogP contribution is -2.32. The summed E-state index contributed by atoms with van der Waals surface area (Å²) < 4.78 is 23.1. The van der Waals surface area contributed by atoms with Crippen molar-refractivity contribution >= 4 is 35.2 Å². The molecule has 0 fully saturated rings. The summed E-state index contributed by atoms with van der Waals surface area (Å²) >= 11 is 1.08. The number of nitrogens with zero attached hydrogens (tertiary/aromatic N) is 1. The number of amides is 2. The van der Waals surface area contributed by atoms with E-state index in [2.05, 4.69) is 5.32 Å². The minimum atomic E-state index is -0.626. The molecule has 0 saturated heterocycles. The fraction of sp³-hybridized carbons (Fsp3) is 0.318. The predicted octanol–water partition coefficient (Wildman–Crippen LogP) is 3.10. The van der Waals surface area contributed by atoms with E-state index in [1.54, 1.807) is 33.2 Å². The van der Waals surface area contributed by atoms with Crippen LogP contribution in [-0.4, -0.2) is 54.5 Å². The molecule has 2 rings (SSSR count). The number of hydrogen-bond donors (Lipinski definition) is 1. The predicted molar refractivity (Wildman–Crippen MR) is 117 cm³/mol. The molecule has 2 aromatic carbocycles. The standard InChI is InChI=1S/C22H25FN2O5S/c1-15(31-14-20(26)24-18-8-6-17(23)7-9-18)22(28)30-13-21(27)25(2)12-16-4-10-19(29-3)11-5-16/h4-11,15H,12-14H2,1-3H3,(H,24,26). The second-order valence-corrected chi connectivity index (χ2v) is 8.04. The number of esters is 1. The van der Waals surface area contributed by atoms with Crippen LogP contribution in [0.5, 0.6) is 5.75 Å². The number of anilines is 1. The molecule has 0 aromatic heterocycles. The Bertz CT molecular complexity index is 890. The van der Waals surface area contributed by atoms with E-state index in [4.69, 9.17) is 9.47 Å². The van der Waals surface area contributed by atoms with Gasteiger partial charge in [0, 0.05) is 19.3 Å². The maximum atomic E-state index is 12.9. The lowest BCUT2D eigenvalue weighted by atomic mass is 10.2. The number of likely N-dealkylation sites (N-methyl/N-ethyl adjacent to an activating group) is 1. The molecule has 0 radical (unpaired) electrons. The number of benzene rings is 2. The summed E-state index contributed by atoms with van der Waals surface area (Å²) in [6.07, 6.45) is 0. The van der Waals surface area contributed by atoms with Crippen molar-refractivity contribution < 1.29 is 28.2 Å². The number of thioether (sulfide) groups is 1. The van der Waals surface area contributed by atoms with Crippen molar-refractivity contribution in [3.05, 3.63) is 59.9 Å². The quantitative estimate of drug-likeness (QED) is 0.563. The molecule has 0 saturated carbocycles. The van der Waals surface area contributed by atoms with Crippen molar-refractivity contribution in [2.24, 2.45) is 0 Å². The molecule has 0 aliphatic carbocycles. The number of hydrogen-bond acceptors (Lipinski definition) is 6. The highest BCUT2D eigenvalue weighted by atomic mass is 32.2. The molecule has 0 bridgehead atoms. The molecule has 1 atom stereocenters. The van der Waals surface area contributed by atoms with Gasteiger partial charge in [-0.15, -0.1) is 11.8 Å². The molecule has 0 heterocycles. The second-order valence-electron chi connectivity index (χ2n) is 6.71. The molecular formula is C22H25FN2O5S. The first-order chi connectivity index (χ1) is 14.8. The zero-order valence-electron chi connectivity index (χ0n) is 17.6. The maximum Gasteiger partial charge on any atom is 0.319 e. The van der Waals surface area contributed by atoms with E-state index in [0.717, 1.165) is 23.1 Å². The topological polar surface area (TPSA) is 84.9 Å². The molecule has 1 unspecified atom stereocenters. The van der Waals surface area contributed by atoms with Crippen LogP contribution in [0.2, 0.25) is 0 Å². The van der Waals surface area contributed by atoms with E-state index < -0.39 is 17.0 Å². The van der Waals surface area contributed by atoms with Crippen molar-refractivity contribution in [3.63, 3.8) is 0 Å². The Labute approximate surface area is 184 Å². The van der Waals surface area contributed by atoms with Crippen LogP contribution in [0.25, 0.3) is 0 Å². The summed E-state index contributed by atoms with van der Waals surface area (Å²) in [4.78, 5) is 37.7. The summed E-state index contributed by atoms with van der Waals surface area (Å²) in [5, 5.41) is 1.99. The van der Waals surface area contributed by atoms with Gasteiger partial charge in [0.25, 0.3) is 5.91 Å². The van der Waals surface area contributed by atoms with Gasteiger partial charge in [-0.25, -0.2) is 4.39 Å². The van der Waals surface area contributed by atoms with Gasteiger partial charge in [-0.1, -0.05) is 12.1 Å². The zero-order valence-corrected chi connectivity index (χ0v) is 18.4. The van der Waals surface area contributed by atoms with Gasteiger partial charge in [0.1, 0.15) is 16.8 Å². The van der Waals surface area contributed by atoms with Gasteiger partial charge in [0.05, 0.1) is 12.9 Å². The molecule has 1 N–H and O–H groups in total. The first-order valence-electron chi connectivity index (χ1n) is 9.49. The highest BCUT2D eigenvalue weighted by Gasteiger charge is 2.19. The van der Waals surface area contributed by atoms with Crippen LogP contribution in [-0.2, 0) is 25.7 Å². The van der Waals surface area contributed by atoms with Gasteiger partial charge in [-0.2, -0.15) is 0 Å². The molecule has 166 valence electrons. The lowest BCUT2D eigenvalue weighted by molar-refractivity contribution is -0.151. The Morgan fingerprint density at radius 3 is 2.35 bits per heavy atom. The average molecular weight is 449 g/mol. The molecule has 2 aromatic rings. The number of methoxy groups -OCH3 is 1. The van der Waals surface area contributed by atoms with E-state index in [1.165, 1.54) is 29.2 Å². The first kappa shape index (κ1) is 24.2. The monoisotopic (exact) mass is 448 g/mol. The molecule has 31 heavy (non-hydrogen) atoms. The minimum Gasteiger partial charge on any atom is -0.497 e. The van der Waals surface area contributed by atoms with Gasteiger partial charge >= 0.3 is 5.97 Å². The third-order valence-electron chi connectivity index (χ3n) is 4.27. The van der Waals surface area contributed by atoms with Crippen LogP contribution >= 0.6 is 11.8 Å². The smallest absolute Gasteiger partial charge is 0.319 e. The summed E-state index contributed by atoms with van der Waals surface area (Å²) in [7, 11) is 3.20.